The van der Waals surface area contributed by atoms with Crippen LogP contribution in [0.5, 0.6) is 11.6 Å². The lowest BCUT2D eigenvalue weighted by Gasteiger charge is -2.22. The number of hydrogen-bond donors (Lipinski definition) is 2. The molecule has 2 saturated carbocycles. The van der Waals surface area contributed by atoms with Gasteiger partial charge in [-0.1, -0.05) is 35.8 Å². The molecule has 51 heavy (non-hydrogen) atoms. The molecule has 8 rings (SSSR count). The summed E-state index contributed by atoms with van der Waals surface area (Å²) < 4.78 is 29.8. The Bertz CT molecular complexity index is 2120. The summed E-state index contributed by atoms with van der Waals surface area (Å²) in [5.74, 6) is 17.3. The third-order valence-corrected chi connectivity index (χ3v) is 9.70. The van der Waals surface area contributed by atoms with Gasteiger partial charge in [-0.25, -0.2) is 10.3 Å². The van der Waals surface area contributed by atoms with Crippen LogP contribution in [0.1, 0.15) is 29.5 Å². The molecule has 0 spiro atoms. The fourth-order valence-corrected chi connectivity index (χ4v) is 6.72. The van der Waals surface area contributed by atoms with E-state index >= 15 is 0 Å². The maximum Gasteiger partial charge on any atom is 0.351 e. The van der Waals surface area contributed by atoms with Crippen LogP contribution in [0, 0.1) is 52.9 Å². The second-order valence-electron chi connectivity index (χ2n) is 13.1. The van der Waals surface area contributed by atoms with Crippen LogP contribution in [-0.2, 0) is 20.8 Å². The number of aromatic nitrogens is 2. The average Bonchev–Trinajstić information content (AvgIpc) is 4.10. The molecular formula is C40H37N5O6. The minimum Gasteiger partial charge on any atom is -0.495 e. The van der Waals surface area contributed by atoms with Gasteiger partial charge in [0.2, 0.25) is 5.88 Å². The molecule has 2 aromatic carbocycles. The minimum atomic E-state index is -0.377. The number of nitrogens with zero attached hydrogens (tertiary/aromatic N) is 3. The molecule has 3 aromatic rings. The Labute approximate surface area is 295 Å². The van der Waals surface area contributed by atoms with Crippen LogP contribution in [0.2, 0.25) is 0 Å². The summed E-state index contributed by atoms with van der Waals surface area (Å²) in [5, 5.41) is 6.88. The molecule has 0 radical (unpaired) electrons. The molecule has 258 valence electrons. The van der Waals surface area contributed by atoms with E-state index in [0.717, 1.165) is 40.8 Å². The Morgan fingerprint density at radius 2 is 1.80 bits per heavy atom. The van der Waals surface area contributed by atoms with E-state index in [1.165, 1.54) is 0 Å². The summed E-state index contributed by atoms with van der Waals surface area (Å²) in [6.07, 6.45) is 7.46. The molecule has 5 aliphatic rings. The van der Waals surface area contributed by atoms with Gasteiger partial charge in [-0.2, -0.15) is 10.1 Å². The number of allylic oxidation sites excluding steroid dienone is 2. The highest BCUT2D eigenvalue weighted by molar-refractivity contribution is 5.71. The van der Waals surface area contributed by atoms with Crippen LogP contribution in [-0.4, -0.2) is 55.8 Å². The molecule has 3 aliphatic heterocycles. The number of methoxy groups -OCH3 is 1. The van der Waals surface area contributed by atoms with Gasteiger partial charge in [-0.3, -0.25) is 4.57 Å². The first kappa shape index (κ1) is 32.6. The summed E-state index contributed by atoms with van der Waals surface area (Å²) in [6.45, 7) is 2.56. The summed E-state index contributed by atoms with van der Waals surface area (Å²) in [4.78, 5) is 17.0. The zero-order valence-electron chi connectivity index (χ0n) is 28.2. The van der Waals surface area contributed by atoms with Crippen LogP contribution < -0.4 is 20.5 Å². The van der Waals surface area contributed by atoms with Crippen molar-refractivity contribution in [3.05, 3.63) is 106 Å². The Morgan fingerprint density at radius 3 is 2.51 bits per heavy atom. The second kappa shape index (κ2) is 14.3. The molecule has 0 bridgehead atoms. The van der Waals surface area contributed by atoms with Crippen LogP contribution in [0.4, 0.5) is 0 Å². The summed E-state index contributed by atoms with van der Waals surface area (Å²) in [7, 11) is 1.61. The number of fused-ring (bicyclic) bond motifs is 3. The van der Waals surface area contributed by atoms with Crippen molar-refractivity contribution in [2.45, 2.75) is 25.5 Å². The van der Waals surface area contributed by atoms with Gasteiger partial charge >= 0.3 is 5.69 Å². The van der Waals surface area contributed by atoms with E-state index in [0.29, 0.717) is 79.5 Å². The van der Waals surface area contributed by atoms with Gasteiger partial charge < -0.3 is 29.0 Å². The van der Waals surface area contributed by atoms with Gasteiger partial charge in [-0.15, -0.1) is 0 Å². The van der Waals surface area contributed by atoms with Crippen LogP contribution in [0.15, 0.2) is 88.2 Å². The number of nitrogens with one attached hydrogen (secondary N) is 2. The standard InChI is InChI=1S/C40H37N5O6/c1-47-30-11-13-35(42-22-30)39(44-41)27-7-2-25(3-8-27)4-9-28-19-33(28)34-20-29(34)10-5-26-6-12-32-36-21-38(51-24-31-23-48-16-17-49-31)43-40(46)45(36)14-15-50-37(32)18-26/h2-3,6-8,11-13,18,21-22,28-29,31,33-34,41-42H,14-17,19-20,23-24H2,1H3/b39-35-,44-41?. The maximum atomic E-state index is 12.9. The fourth-order valence-electron chi connectivity index (χ4n) is 6.72. The normalized spacial score (nSPS) is 25.0. The highest BCUT2D eigenvalue weighted by atomic mass is 16.6. The van der Waals surface area contributed by atoms with E-state index in [9.17, 15) is 4.79 Å². The second-order valence-corrected chi connectivity index (χ2v) is 13.1. The largest absolute Gasteiger partial charge is 0.495 e. The smallest absolute Gasteiger partial charge is 0.351 e. The number of dihydropyridines is 1. The van der Waals surface area contributed by atoms with Crippen molar-refractivity contribution in [3.63, 3.8) is 0 Å². The van der Waals surface area contributed by atoms with Crippen molar-refractivity contribution in [2.75, 3.05) is 40.1 Å². The molecule has 5 unspecified atom stereocenters. The number of rotatable bonds is 7. The quantitative estimate of drug-likeness (QED) is 0.260. The fraction of sp³-hybridized carbons (Fsp3) is 0.350. The summed E-state index contributed by atoms with van der Waals surface area (Å²) in [6, 6.07) is 15.5. The van der Waals surface area contributed by atoms with Crippen molar-refractivity contribution < 1.29 is 23.7 Å². The van der Waals surface area contributed by atoms with Gasteiger partial charge in [0.15, 0.2) is 0 Å². The molecule has 2 aliphatic carbocycles. The predicted molar refractivity (Wildman–Crippen MR) is 188 cm³/mol. The SMILES string of the molecule is COC1=CN/C(=C(\N=N)c2ccc(C#CC3CC3C3CC3C#Cc3ccc4c(c3)OCCn3c-4cc(OCC4COCCO4)nc3=O)cc2)C=C1. The van der Waals surface area contributed by atoms with Gasteiger partial charge in [0.1, 0.15) is 36.5 Å². The first-order valence-electron chi connectivity index (χ1n) is 17.2. The number of hydrogen-bond acceptors (Lipinski definition) is 10. The molecule has 4 heterocycles. The molecule has 5 atom stereocenters. The lowest BCUT2D eigenvalue weighted by molar-refractivity contribution is -0.102. The van der Waals surface area contributed by atoms with E-state index in [1.54, 1.807) is 23.9 Å². The van der Waals surface area contributed by atoms with Crippen LogP contribution >= 0.6 is 0 Å². The topological polar surface area (TPSA) is 129 Å². The Balaban J connectivity index is 0.880. The third kappa shape index (κ3) is 7.32. The highest BCUT2D eigenvalue weighted by Crippen LogP contribution is 2.57. The maximum absolute atomic E-state index is 12.9. The van der Waals surface area contributed by atoms with Crippen molar-refractivity contribution in [1.29, 1.82) is 5.53 Å². The van der Waals surface area contributed by atoms with E-state index < -0.39 is 0 Å². The first-order chi connectivity index (χ1) is 25.1. The zero-order valence-corrected chi connectivity index (χ0v) is 28.2. The third-order valence-electron chi connectivity index (χ3n) is 9.70. The monoisotopic (exact) mass is 683 g/mol. The van der Waals surface area contributed by atoms with Gasteiger partial charge in [-0.05, 0) is 67.2 Å². The van der Waals surface area contributed by atoms with E-state index in [-0.39, 0.29) is 24.3 Å². The molecule has 1 saturated heterocycles. The van der Waals surface area contributed by atoms with Crippen molar-refractivity contribution in [1.82, 2.24) is 14.9 Å². The Hall–Kier alpha value is -5.62. The highest BCUT2D eigenvalue weighted by Gasteiger charge is 2.52. The summed E-state index contributed by atoms with van der Waals surface area (Å²) >= 11 is 0. The average molecular weight is 684 g/mol. The van der Waals surface area contributed by atoms with Gasteiger partial charge in [0.25, 0.3) is 0 Å². The molecule has 0 amide bonds. The van der Waals surface area contributed by atoms with Crippen molar-refractivity contribution in [3.8, 4) is 46.6 Å². The molecule has 11 heteroatoms. The van der Waals surface area contributed by atoms with Crippen LogP contribution in [0.25, 0.3) is 17.0 Å². The van der Waals surface area contributed by atoms with Crippen molar-refractivity contribution >= 4 is 5.70 Å². The number of benzene rings is 2. The molecule has 3 fully saturated rings. The molecule has 2 N–H and O–H groups in total. The number of ether oxygens (including phenoxy) is 5. The van der Waals surface area contributed by atoms with E-state index in [1.807, 2.05) is 54.6 Å². The van der Waals surface area contributed by atoms with Crippen LogP contribution in [0.3, 0.4) is 0 Å². The van der Waals surface area contributed by atoms with Gasteiger partial charge in [0.05, 0.1) is 44.9 Å². The van der Waals surface area contributed by atoms with Crippen molar-refractivity contribution in [2.24, 2.45) is 28.8 Å². The van der Waals surface area contributed by atoms with Gasteiger partial charge in [0, 0.05) is 46.4 Å². The predicted octanol–water partition coefficient (Wildman–Crippen LogP) is 5.12. The molecule has 11 nitrogen and oxygen atoms in total. The lowest BCUT2D eigenvalue weighted by Crippen LogP contribution is -2.34. The molecular weight excluding hydrogens is 646 g/mol. The van der Waals surface area contributed by atoms with E-state index in [4.69, 9.17) is 29.2 Å². The molecule has 1 aromatic heterocycles. The Morgan fingerprint density at radius 1 is 1.02 bits per heavy atom. The first-order valence-corrected chi connectivity index (χ1v) is 17.2. The summed E-state index contributed by atoms with van der Waals surface area (Å²) in [5.41, 5.74) is 12.8. The zero-order chi connectivity index (χ0) is 34.7. The van der Waals surface area contributed by atoms with E-state index in [2.05, 4.69) is 39.1 Å². The lowest BCUT2D eigenvalue weighted by atomic mass is 10.1. The Kier molecular flexibility index (Phi) is 9.14. The minimum absolute atomic E-state index is 0.191.